The lowest BCUT2D eigenvalue weighted by Gasteiger charge is -2.19. The highest BCUT2D eigenvalue weighted by Crippen LogP contribution is 2.30. The third-order valence-electron chi connectivity index (χ3n) is 4.08. The van der Waals surface area contributed by atoms with Crippen molar-refractivity contribution in [2.75, 3.05) is 5.32 Å². The summed E-state index contributed by atoms with van der Waals surface area (Å²) in [6.45, 7) is 0. The van der Waals surface area contributed by atoms with Crippen molar-refractivity contribution in [3.63, 3.8) is 0 Å². The van der Waals surface area contributed by atoms with E-state index in [-0.39, 0.29) is 22.3 Å². The summed E-state index contributed by atoms with van der Waals surface area (Å²) in [6.07, 6.45) is 0. The second kappa shape index (κ2) is 5.62. The molecule has 3 nitrogen and oxygen atoms in total. The van der Waals surface area contributed by atoms with Crippen LogP contribution in [0.4, 0.5) is 5.69 Å². The van der Waals surface area contributed by atoms with Gasteiger partial charge in [0.1, 0.15) is 10.7 Å². The molecular weight excluding hydrogens is 322 g/mol. The molecule has 0 bridgehead atoms. The van der Waals surface area contributed by atoms with Gasteiger partial charge in [0.25, 0.3) is 0 Å². The van der Waals surface area contributed by atoms with E-state index in [9.17, 15) is 9.59 Å². The van der Waals surface area contributed by atoms with Gasteiger partial charge in [0.05, 0.1) is 0 Å². The van der Waals surface area contributed by atoms with E-state index < -0.39 is 0 Å². The van der Waals surface area contributed by atoms with Gasteiger partial charge in [-0.2, -0.15) is 0 Å². The maximum atomic E-state index is 12.7. The molecule has 0 aromatic heterocycles. The minimum absolute atomic E-state index is 0.0770. The molecule has 24 heavy (non-hydrogen) atoms. The first-order valence-corrected chi connectivity index (χ1v) is 7.87. The predicted molar refractivity (Wildman–Crippen MR) is 95.6 cm³/mol. The van der Waals surface area contributed by atoms with Crippen molar-refractivity contribution in [3.05, 3.63) is 88.6 Å². The van der Waals surface area contributed by atoms with Crippen LogP contribution < -0.4 is 5.32 Å². The maximum absolute atomic E-state index is 12.7. The van der Waals surface area contributed by atoms with Crippen molar-refractivity contribution in [2.24, 2.45) is 0 Å². The van der Waals surface area contributed by atoms with Gasteiger partial charge in [-0.05, 0) is 22.9 Å². The first-order valence-electron chi connectivity index (χ1n) is 7.49. The quantitative estimate of drug-likeness (QED) is 0.734. The van der Waals surface area contributed by atoms with Crippen LogP contribution in [0.25, 0.3) is 10.8 Å². The second-order valence-corrected chi connectivity index (χ2v) is 5.96. The van der Waals surface area contributed by atoms with Gasteiger partial charge < -0.3 is 5.32 Å². The molecule has 0 aliphatic heterocycles. The average Bonchev–Trinajstić information content (AvgIpc) is 2.63. The Hall–Kier alpha value is -2.91. The van der Waals surface area contributed by atoms with Crippen LogP contribution in [-0.2, 0) is 0 Å². The number of carbonyl (C=O) groups excluding carboxylic acids is 2. The van der Waals surface area contributed by atoms with Crippen LogP contribution in [0.3, 0.4) is 0 Å². The number of ketones is 2. The number of anilines is 1. The third kappa shape index (κ3) is 2.30. The van der Waals surface area contributed by atoms with Crippen molar-refractivity contribution in [1.82, 2.24) is 0 Å². The molecule has 1 aliphatic rings. The van der Waals surface area contributed by atoms with Crippen molar-refractivity contribution in [3.8, 4) is 0 Å². The SMILES string of the molecule is O=C1C(Cl)=C(Nc2ccc3ccccc3c2)C(=O)c2ccccc21. The van der Waals surface area contributed by atoms with Crippen molar-refractivity contribution < 1.29 is 9.59 Å². The third-order valence-corrected chi connectivity index (χ3v) is 4.44. The molecule has 0 fully saturated rings. The number of benzene rings is 3. The Bertz CT molecular complexity index is 1040. The lowest BCUT2D eigenvalue weighted by Crippen LogP contribution is -2.24. The zero-order valence-electron chi connectivity index (χ0n) is 12.5. The molecule has 1 aliphatic carbocycles. The van der Waals surface area contributed by atoms with Gasteiger partial charge in [-0.3, -0.25) is 9.59 Å². The fourth-order valence-electron chi connectivity index (χ4n) is 2.87. The minimum Gasteiger partial charge on any atom is -0.351 e. The van der Waals surface area contributed by atoms with Crippen LogP contribution in [-0.4, -0.2) is 11.6 Å². The summed E-state index contributed by atoms with van der Waals surface area (Å²) in [5.74, 6) is -0.612. The molecule has 0 spiro atoms. The number of rotatable bonds is 2. The Labute approximate surface area is 143 Å². The van der Waals surface area contributed by atoms with Gasteiger partial charge in [-0.15, -0.1) is 0 Å². The Kier molecular flexibility index (Phi) is 3.44. The number of nitrogens with one attached hydrogen (secondary N) is 1. The molecule has 4 heteroatoms. The zero-order chi connectivity index (χ0) is 16.7. The lowest BCUT2D eigenvalue weighted by atomic mass is 9.92. The van der Waals surface area contributed by atoms with Crippen molar-refractivity contribution in [1.29, 1.82) is 0 Å². The molecule has 3 aromatic rings. The van der Waals surface area contributed by atoms with Crippen LogP contribution in [0.15, 0.2) is 77.5 Å². The molecule has 3 aromatic carbocycles. The normalized spacial score (nSPS) is 14.0. The molecule has 1 N–H and O–H groups in total. The monoisotopic (exact) mass is 333 g/mol. The highest BCUT2D eigenvalue weighted by Gasteiger charge is 2.31. The summed E-state index contributed by atoms with van der Waals surface area (Å²) in [7, 11) is 0. The molecule has 0 saturated carbocycles. The topological polar surface area (TPSA) is 46.2 Å². The summed E-state index contributed by atoms with van der Waals surface area (Å²) in [6, 6.07) is 20.4. The fourth-order valence-corrected chi connectivity index (χ4v) is 3.10. The Balaban J connectivity index is 1.76. The number of hydrogen-bond donors (Lipinski definition) is 1. The fraction of sp³-hybridized carbons (Fsp3) is 0. The number of fused-ring (bicyclic) bond motifs is 2. The summed E-state index contributed by atoms with van der Waals surface area (Å²) in [4.78, 5) is 25.1. The first-order chi connectivity index (χ1) is 11.6. The van der Waals surface area contributed by atoms with E-state index in [1.165, 1.54) is 0 Å². The van der Waals surface area contributed by atoms with Crippen LogP contribution in [0, 0.1) is 0 Å². The molecular formula is C20H12ClNO2. The summed E-state index contributed by atoms with van der Waals surface area (Å²) < 4.78 is 0. The standard InChI is InChI=1S/C20H12ClNO2/c21-17-18(20(24)16-8-4-3-7-15(16)19(17)23)22-14-10-9-12-5-1-2-6-13(12)11-14/h1-11,22H. The molecule has 0 unspecified atom stereocenters. The van der Waals surface area contributed by atoms with Crippen LogP contribution >= 0.6 is 11.6 Å². The Morgan fingerprint density at radius 3 is 2.08 bits per heavy atom. The van der Waals surface area contributed by atoms with E-state index in [0.29, 0.717) is 16.8 Å². The number of Topliss-reactive ketones (excluding diaryl/α,β-unsaturated/α-hetero) is 2. The van der Waals surface area contributed by atoms with E-state index in [0.717, 1.165) is 10.8 Å². The minimum atomic E-state index is -0.338. The number of allylic oxidation sites excluding steroid dienone is 2. The van der Waals surface area contributed by atoms with Crippen molar-refractivity contribution in [2.45, 2.75) is 0 Å². The highest BCUT2D eigenvalue weighted by atomic mass is 35.5. The first kappa shape index (κ1) is 14.7. The Morgan fingerprint density at radius 2 is 1.33 bits per heavy atom. The molecule has 0 heterocycles. The largest absolute Gasteiger partial charge is 0.351 e. The second-order valence-electron chi connectivity index (χ2n) is 5.58. The molecule has 0 atom stereocenters. The lowest BCUT2D eigenvalue weighted by molar-refractivity contribution is 0.0982. The smallest absolute Gasteiger partial charge is 0.211 e. The molecule has 0 radical (unpaired) electrons. The van der Waals surface area contributed by atoms with Gasteiger partial charge in [0.15, 0.2) is 0 Å². The van der Waals surface area contributed by atoms with Crippen LogP contribution in [0.1, 0.15) is 20.7 Å². The van der Waals surface area contributed by atoms with Gasteiger partial charge in [0.2, 0.25) is 11.6 Å². The highest BCUT2D eigenvalue weighted by molar-refractivity contribution is 6.50. The van der Waals surface area contributed by atoms with Crippen LogP contribution in [0.5, 0.6) is 0 Å². The number of carbonyl (C=O) groups is 2. The van der Waals surface area contributed by atoms with E-state index in [1.807, 2.05) is 42.5 Å². The number of hydrogen-bond acceptors (Lipinski definition) is 3. The van der Waals surface area contributed by atoms with E-state index in [2.05, 4.69) is 5.32 Å². The summed E-state index contributed by atoms with van der Waals surface area (Å²) >= 11 is 6.17. The maximum Gasteiger partial charge on any atom is 0.211 e. The number of halogens is 1. The summed E-state index contributed by atoms with van der Waals surface area (Å²) in [5.41, 5.74) is 1.55. The predicted octanol–water partition coefficient (Wildman–Crippen LogP) is 4.78. The van der Waals surface area contributed by atoms with E-state index >= 15 is 0 Å². The van der Waals surface area contributed by atoms with Gasteiger partial charge in [0, 0.05) is 16.8 Å². The van der Waals surface area contributed by atoms with Crippen LogP contribution in [0.2, 0.25) is 0 Å². The van der Waals surface area contributed by atoms with Gasteiger partial charge in [-0.25, -0.2) is 0 Å². The zero-order valence-corrected chi connectivity index (χ0v) is 13.3. The average molecular weight is 334 g/mol. The Morgan fingerprint density at radius 1 is 0.708 bits per heavy atom. The van der Waals surface area contributed by atoms with Gasteiger partial charge >= 0.3 is 0 Å². The van der Waals surface area contributed by atoms with E-state index in [1.54, 1.807) is 24.3 Å². The van der Waals surface area contributed by atoms with Crippen molar-refractivity contribution >= 4 is 39.6 Å². The summed E-state index contributed by atoms with van der Waals surface area (Å²) in [5, 5.41) is 5.08. The van der Waals surface area contributed by atoms with Gasteiger partial charge in [-0.1, -0.05) is 66.2 Å². The van der Waals surface area contributed by atoms with E-state index in [4.69, 9.17) is 11.6 Å². The molecule has 0 amide bonds. The molecule has 0 saturated heterocycles. The molecule has 116 valence electrons. The molecule has 4 rings (SSSR count).